The summed E-state index contributed by atoms with van der Waals surface area (Å²) in [5.74, 6) is -0.128. The number of benzene rings is 2. The summed E-state index contributed by atoms with van der Waals surface area (Å²) in [6.45, 7) is 1.43. The number of nitrogens with one attached hydrogen (secondary N) is 3. The average molecular weight is 462 g/mol. The molecule has 3 aromatic rings. The Morgan fingerprint density at radius 2 is 1.50 bits per heavy atom. The monoisotopic (exact) mass is 461 g/mol. The third-order valence-electron chi connectivity index (χ3n) is 3.73. The number of thioether (sulfide) groups is 1. The highest BCUT2D eigenvalue weighted by Crippen LogP contribution is 2.24. The summed E-state index contributed by atoms with van der Waals surface area (Å²) in [5.41, 5.74) is 1.74. The molecule has 0 saturated carbocycles. The fourth-order valence-corrected chi connectivity index (χ4v) is 5.18. The zero-order valence-corrected chi connectivity index (χ0v) is 18.4. The van der Waals surface area contributed by atoms with E-state index in [9.17, 15) is 18.0 Å². The largest absolute Gasteiger partial charge is 0.326 e. The standard InChI is InChI=1S/C20H19N3O4S3/c1-14(24)21-15-4-6-16(7-5-15)22-19(25)13-29-18-10-8-17(9-11-18)23-30(26,27)20-3-2-12-28-20/h2-12,23H,13H2,1H3,(H,21,24)(H,22,25). The van der Waals surface area contributed by atoms with Crippen LogP contribution in [0.2, 0.25) is 0 Å². The lowest BCUT2D eigenvalue weighted by atomic mass is 10.3. The van der Waals surface area contributed by atoms with Gasteiger partial charge in [-0.3, -0.25) is 14.3 Å². The molecule has 3 rings (SSSR count). The average Bonchev–Trinajstić information content (AvgIpc) is 3.24. The number of rotatable bonds is 8. The first-order valence-electron chi connectivity index (χ1n) is 8.78. The predicted molar refractivity (Wildman–Crippen MR) is 122 cm³/mol. The van der Waals surface area contributed by atoms with Gasteiger partial charge in [-0.05, 0) is 60.0 Å². The van der Waals surface area contributed by atoms with E-state index in [-0.39, 0.29) is 21.8 Å². The first kappa shape index (κ1) is 21.9. The van der Waals surface area contributed by atoms with Gasteiger partial charge in [0, 0.05) is 28.9 Å². The summed E-state index contributed by atoms with van der Waals surface area (Å²) in [6.07, 6.45) is 0. The Balaban J connectivity index is 1.50. The zero-order chi connectivity index (χ0) is 21.6. The van der Waals surface area contributed by atoms with Crippen molar-refractivity contribution in [2.24, 2.45) is 0 Å². The maximum atomic E-state index is 12.2. The van der Waals surface area contributed by atoms with E-state index in [4.69, 9.17) is 0 Å². The normalized spacial score (nSPS) is 11.0. The summed E-state index contributed by atoms with van der Waals surface area (Å²) >= 11 is 2.49. The number of sulfonamides is 1. The number of thiophene rings is 1. The predicted octanol–water partition coefficient (Wildman–Crippen LogP) is 4.24. The second-order valence-corrected chi connectivity index (χ2v) is 10.1. The van der Waals surface area contributed by atoms with Gasteiger partial charge in [-0.1, -0.05) is 6.07 Å². The van der Waals surface area contributed by atoms with Crippen molar-refractivity contribution in [3.63, 3.8) is 0 Å². The Hall–Kier alpha value is -2.82. The molecule has 3 N–H and O–H groups in total. The van der Waals surface area contributed by atoms with Crippen molar-refractivity contribution in [1.82, 2.24) is 0 Å². The van der Waals surface area contributed by atoms with Gasteiger partial charge < -0.3 is 10.6 Å². The fourth-order valence-electron chi connectivity index (χ4n) is 2.43. The van der Waals surface area contributed by atoms with E-state index >= 15 is 0 Å². The molecule has 1 heterocycles. The Kier molecular flexibility index (Phi) is 7.14. The van der Waals surface area contributed by atoms with Crippen LogP contribution in [0.15, 0.2) is 75.1 Å². The van der Waals surface area contributed by atoms with Gasteiger partial charge in [0.1, 0.15) is 4.21 Å². The SMILES string of the molecule is CC(=O)Nc1ccc(NC(=O)CSc2ccc(NS(=O)(=O)c3cccs3)cc2)cc1. The quantitative estimate of drug-likeness (QED) is 0.435. The zero-order valence-electron chi connectivity index (χ0n) is 15.9. The van der Waals surface area contributed by atoms with Crippen molar-refractivity contribution in [3.8, 4) is 0 Å². The third kappa shape index (κ3) is 6.34. The lowest BCUT2D eigenvalue weighted by molar-refractivity contribution is -0.114. The van der Waals surface area contributed by atoms with E-state index < -0.39 is 10.0 Å². The molecule has 0 fully saturated rings. The molecule has 30 heavy (non-hydrogen) atoms. The van der Waals surface area contributed by atoms with E-state index in [0.29, 0.717) is 17.1 Å². The molecule has 0 aliphatic carbocycles. The number of anilines is 3. The van der Waals surface area contributed by atoms with Gasteiger partial charge in [-0.2, -0.15) is 0 Å². The molecule has 2 amide bonds. The van der Waals surface area contributed by atoms with Crippen LogP contribution >= 0.6 is 23.1 Å². The van der Waals surface area contributed by atoms with Gasteiger partial charge in [0.05, 0.1) is 5.75 Å². The minimum Gasteiger partial charge on any atom is -0.326 e. The Bertz CT molecular complexity index is 1110. The summed E-state index contributed by atoms with van der Waals surface area (Å²) in [7, 11) is -3.58. The molecule has 0 bridgehead atoms. The maximum absolute atomic E-state index is 12.2. The highest BCUT2D eigenvalue weighted by atomic mass is 32.2. The van der Waals surface area contributed by atoms with Crippen molar-refractivity contribution in [1.29, 1.82) is 0 Å². The Morgan fingerprint density at radius 3 is 2.07 bits per heavy atom. The second-order valence-electron chi connectivity index (χ2n) is 6.16. The summed E-state index contributed by atoms with van der Waals surface area (Å²) < 4.78 is 27.2. The summed E-state index contributed by atoms with van der Waals surface area (Å²) in [4.78, 5) is 24.0. The molecule has 0 spiro atoms. The van der Waals surface area contributed by atoms with Crippen molar-refractivity contribution in [3.05, 3.63) is 66.0 Å². The molecule has 0 saturated heterocycles. The van der Waals surface area contributed by atoms with Crippen LogP contribution in [-0.4, -0.2) is 26.0 Å². The Labute approximate surface area is 183 Å². The number of carbonyl (C=O) groups is 2. The second kappa shape index (κ2) is 9.79. The molecule has 0 radical (unpaired) electrons. The van der Waals surface area contributed by atoms with Crippen molar-refractivity contribution >= 4 is 62.0 Å². The minimum atomic E-state index is -3.58. The van der Waals surface area contributed by atoms with E-state index in [0.717, 1.165) is 16.2 Å². The molecule has 10 heteroatoms. The van der Waals surface area contributed by atoms with Crippen LogP contribution in [-0.2, 0) is 19.6 Å². The smallest absolute Gasteiger partial charge is 0.271 e. The van der Waals surface area contributed by atoms with Gasteiger partial charge >= 0.3 is 0 Å². The topological polar surface area (TPSA) is 104 Å². The highest BCUT2D eigenvalue weighted by Gasteiger charge is 2.15. The molecule has 7 nitrogen and oxygen atoms in total. The van der Waals surface area contributed by atoms with E-state index in [1.807, 2.05) is 0 Å². The van der Waals surface area contributed by atoms with Crippen molar-refractivity contribution in [2.45, 2.75) is 16.0 Å². The van der Waals surface area contributed by atoms with E-state index in [2.05, 4.69) is 15.4 Å². The number of amides is 2. The van der Waals surface area contributed by atoms with Gasteiger partial charge in [-0.15, -0.1) is 23.1 Å². The number of hydrogen-bond donors (Lipinski definition) is 3. The summed E-state index contributed by atoms with van der Waals surface area (Å²) in [5, 5.41) is 7.15. The Morgan fingerprint density at radius 1 is 0.900 bits per heavy atom. The van der Waals surface area contributed by atoms with Crippen LogP contribution in [0.4, 0.5) is 17.1 Å². The number of hydrogen-bond acceptors (Lipinski definition) is 6. The molecule has 1 aromatic heterocycles. The fraction of sp³-hybridized carbons (Fsp3) is 0.100. The summed E-state index contributed by atoms with van der Waals surface area (Å²) in [6, 6.07) is 16.9. The van der Waals surface area contributed by atoms with Gasteiger partial charge in [0.15, 0.2) is 0 Å². The van der Waals surface area contributed by atoms with Crippen LogP contribution in [0.5, 0.6) is 0 Å². The van der Waals surface area contributed by atoms with Crippen LogP contribution in [0.3, 0.4) is 0 Å². The molecule has 0 aliphatic rings. The third-order valence-corrected chi connectivity index (χ3v) is 7.52. The maximum Gasteiger partial charge on any atom is 0.271 e. The van der Waals surface area contributed by atoms with Crippen LogP contribution in [0, 0.1) is 0 Å². The minimum absolute atomic E-state index is 0.159. The van der Waals surface area contributed by atoms with Gasteiger partial charge in [0.2, 0.25) is 11.8 Å². The lowest BCUT2D eigenvalue weighted by Crippen LogP contribution is -2.14. The number of carbonyl (C=O) groups excluding carboxylic acids is 2. The van der Waals surface area contributed by atoms with Gasteiger partial charge in [-0.25, -0.2) is 8.42 Å². The molecule has 156 valence electrons. The molecule has 2 aromatic carbocycles. The van der Waals surface area contributed by atoms with Crippen molar-refractivity contribution < 1.29 is 18.0 Å². The molecule has 0 aliphatic heterocycles. The highest BCUT2D eigenvalue weighted by molar-refractivity contribution is 8.00. The molecular weight excluding hydrogens is 442 g/mol. The van der Waals surface area contributed by atoms with Crippen LogP contribution in [0.25, 0.3) is 0 Å². The first-order chi connectivity index (χ1) is 14.3. The molecule has 0 unspecified atom stereocenters. The van der Waals surface area contributed by atoms with Gasteiger partial charge in [0.25, 0.3) is 10.0 Å². The van der Waals surface area contributed by atoms with Crippen LogP contribution < -0.4 is 15.4 Å². The van der Waals surface area contributed by atoms with Crippen LogP contribution in [0.1, 0.15) is 6.92 Å². The molecular formula is C20H19N3O4S3. The lowest BCUT2D eigenvalue weighted by Gasteiger charge is -2.08. The van der Waals surface area contributed by atoms with E-state index in [1.54, 1.807) is 66.0 Å². The first-order valence-corrected chi connectivity index (χ1v) is 12.1. The van der Waals surface area contributed by atoms with E-state index in [1.165, 1.54) is 18.7 Å². The molecule has 0 atom stereocenters. The van der Waals surface area contributed by atoms with Crippen molar-refractivity contribution in [2.75, 3.05) is 21.1 Å².